The standard InChI is InChI=1S/C23H24N6O2S/c1-15-12-17(16(2)29(15)19-8-4-5-9-20(19)31-3)13-18(14-24)21(30)25-22-26-27-23(32-22)28-10-6-7-11-28/h4-5,8-9,12-13H,6-7,10-11H2,1-3H3,(H,25,26,30)/b18-13-. The summed E-state index contributed by atoms with van der Waals surface area (Å²) in [4.78, 5) is 14.9. The zero-order valence-electron chi connectivity index (χ0n) is 18.3. The second kappa shape index (κ2) is 9.24. The maximum atomic E-state index is 12.7. The number of benzene rings is 1. The van der Waals surface area contributed by atoms with Crippen molar-refractivity contribution in [1.29, 1.82) is 5.26 Å². The summed E-state index contributed by atoms with van der Waals surface area (Å²) < 4.78 is 7.54. The van der Waals surface area contributed by atoms with E-state index in [9.17, 15) is 10.1 Å². The van der Waals surface area contributed by atoms with Gasteiger partial charge in [-0.3, -0.25) is 10.1 Å². The first-order chi connectivity index (χ1) is 15.5. The minimum Gasteiger partial charge on any atom is -0.495 e. The number of amides is 1. The van der Waals surface area contributed by atoms with Crippen LogP contribution in [0.1, 0.15) is 29.8 Å². The van der Waals surface area contributed by atoms with E-state index in [0.717, 1.165) is 59.5 Å². The molecule has 1 saturated heterocycles. The summed E-state index contributed by atoms with van der Waals surface area (Å²) in [6.07, 6.45) is 3.87. The lowest BCUT2D eigenvalue weighted by molar-refractivity contribution is -0.112. The van der Waals surface area contributed by atoms with Crippen molar-refractivity contribution in [2.75, 3.05) is 30.4 Å². The van der Waals surface area contributed by atoms with Gasteiger partial charge in [0.15, 0.2) is 0 Å². The number of carbonyl (C=O) groups is 1. The molecule has 4 rings (SSSR count). The second-order valence-electron chi connectivity index (χ2n) is 7.54. The Bertz CT molecular complexity index is 1210. The molecule has 32 heavy (non-hydrogen) atoms. The number of aromatic nitrogens is 3. The average Bonchev–Trinajstić information content (AvgIpc) is 3.53. The van der Waals surface area contributed by atoms with E-state index in [1.165, 1.54) is 11.3 Å². The molecule has 1 fully saturated rings. The van der Waals surface area contributed by atoms with Gasteiger partial charge in [-0.25, -0.2) is 0 Å². The lowest BCUT2D eigenvalue weighted by Gasteiger charge is -2.13. The van der Waals surface area contributed by atoms with Gasteiger partial charge in [0.2, 0.25) is 10.3 Å². The predicted molar refractivity (Wildman–Crippen MR) is 125 cm³/mol. The van der Waals surface area contributed by atoms with Crippen molar-refractivity contribution in [3.63, 3.8) is 0 Å². The van der Waals surface area contributed by atoms with E-state index in [4.69, 9.17) is 4.74 Å². The number of para-hydroxylation sites is 2. The molecule has 0 aliphatic carbocycles. The largest absolute Gasteiger partial charge is 0.495 e. The number of ether oxygens (including phenoxy) is 1. The Balaban J connectivity index is 1.58. The fraction of sp³-hybridized carbons (Fsp3) is 0.304. The smallest absolute Gasteiger partial charge is 0.268 e. The lowest BCUT2D eigenvalue weighted by Crippen LogP contribution is -2.17. The molecule has 8 nitrogen and oxygen atoms in total. The number of carbonyl (C=O) groups excluding carboxylic acids is 1. The third-order valence-electron chi connectivity index (χ3n) is 5.47. The zero-order valence-corrected chi connectivity index (χ0v) is 19.1. The van der Waals surface area contributed by atoms with Crippen molar-refractivity contribution in [3.05, 3.63) is 52.9 Å². The van der Waals surface area contributed by atoms with Crippen LogP contribution in [0.4, 0.5) is 10.3 Å². The van der Waals surface area contributed by atoms with Crippen LogP contribution in [0.15, 0.2) is 35.9 Å². The highest BCUT2D eigenvalue weighted by molar-refractivity contribution is 7.19. The SMILES string of the molecule is COc1ccccc1-n1c(C)cc(/C=C(/C#N)C(=O)Nc2nnc(N3CCCC3)s2)c1C. The van der Waals surface area contributed by atoms with Gasteiger partial charge in [-0.2, -0.15) is 5.26 Å². The molecule has 1 aliphatic heterocycles. The maximum absolute atomic E-state index is 12.7. The molecule has 164 valence electrons. The molecule has 1 aromatic carbocycles. The predicted octanol–water partition coefficient (Wildman–Crippen LogP) is 4.10. The number of hydrogen-bond acceptors (Lipinski definition) is 7. The van der Waals surface area contributed by atoms with Crippen molar-refractivity contribution in [3.8, 4) is 17.5 Å². The van der Waals surface area contributed by atoms with E-state index in [1.54, 1.807) is 13.2 Å². The van der Waals surface area contributed by atoms with Gasteiger partial charge in [0, 0.05) is 24.5 Å². The highest BCUT2D eigenvalue weighted by Crippen LogP contribution is 2.30. The fourth-order valence-corrected chi connectivity index (χ4v) is 4.68. The quantitative estimate of drug-likeness (QED) is 0.451. The summed E-state index contributed by atoms with van der Waals surface area (Å²) in [5, 5.41) is 21.7. The average molecular weight is 449 g/mol. The topological polar surface area (TPSA) is 96.1 Å². The van der Waals surface area contributed by atoms with Crippen LogP contribution < -0.4 is 15.0 Å². The summed E-state index contributed by atoms with van der Waals surface area (Å²) >= 11 is 1.32. The van der Waals surface area contributed by atoms with Crippen LogP contribution in [0.5, 0.6) is 5.75 Å². The summed E-state index contributed by atoms with van der Waals surface area (Å²) in [6, 6.07) is 11.7. The number of hydrogen-bond donors (Lipinski definition) is 1. The second-order valence-corrected chi connectivity index (χ2v) is 8.50. The molecule has 0 saturated carbocycles. The van der Waals surface area contributed by atoms with Crippen molar-refractivity contribution in [2.24, 2.45) is 0 Å². The molecular weight excluding hydrogens is 424 g/mol. The van der Waals surface area contributed by atoms with Crippen LogP contribution in [0.25, 0.3) is 11.8 Å². The van der Waals surface area contributed by atoms with Gasteiger partial charge in [-0.15, -0.1) is 10.2 Å². The third kappa shape index (κ3) is 4.22. The van der Waals surface area contributed by atoms with E-state index in [-0.39, 0.29) is 5.57 Å². The molecule has 0 atom stereocenters. The Kier molecular flexibility index (Phi) is 6.23. The highest BCUT2D eigenvalue weighted by atomic mass is 32.1. The molecule has 2 aromatic heterocycles. The maximum Gasteiger partial charge on any atom is 0.268 e. The number of aryl methyl sites for hydroxylation is 1. The van der Waals surface area contributed by atoms with Gasteiger partial charge in [0.1, 0.15) is 17.4 Å². The Morgan fingerprint density at radius 2 is 2.00 bits per heavy atom. The molecule has 1 amide bonds. The molecule has 9 heteroatoms. The van der Waals surface area contributed by atoms with E-state index < -0.39 is 5.91 Å². The minimum atomic E-state index is -0.501. The number of nitrogens with one attached hydrogen (secondary N) is 1. The highest BCUT2D eigenvalue weighted by Gasteiger charge is 2.19. The van der Waals surface area contributed by atoms with Crippen LogP contribution in [0.2, 0.25) is 0 Å². The number of nitriles is 1. The van der Waals surface area contributed by atoms with Crippen LogP contribution in [0.3, 0.4) is 0 Å². The molecule has 0 bridgehead atoms. The first kappa shape index (κ1) is 21.6. The summed E-state index contributed by atoms with van der Waals surface area (Å²) in [6.45, 7) is 5.83. The Morgan fingerprint density at radius 1 is 1.25 bits per heavy atom. The van der Waals surface area contributed by atoms with Crippen molar-refractivity contribution < 1.29 is 9.53 Å². The van der Waals surface area contributed by atoms with Crippen LogP contribution in [-0.2, 0) is 4.79 Å². The molecule has 0 unspecified atom stereocenters. The summed E-state index contributed by atoms with van der Waals surface area (Å²) in [5.41, 5.74) is 3.56. The van der Waals surface area contributed by atoms with E-state index in [2.05, 4.69) is 20.4 Å². The number of nitrogens with zero attached hydrogens (tertiary/aromatic N) is 5. The van der Waals surface area contributed by atoms with Crippen molar-refractivity contribution in [2.45, 2.75) is 26.7 Å². The van der Waals surface area contributed by atoms with Crippen LogP contribution in [0, 0.1) is 25.2 Å². The third-order valence-corrected chi connectivity index (χ3v) is 6.37. The van der Waals surface area contributed by atoms with Crippen molar-refractivity contribution >= 4 is 33.6 Å². The Labute approximate surface area is 190 Å². The van der Waals surface area contributed by atoms with Gasteiger partial charge in [0.05, 0.1) is 12.8 Å². The van der Waals surface area contributed by atoms with E-state index in [0.29, 0.717) is 5.13 Å². The van der Waals surface area contributed by atoms with Crippen LogP contribution >= 0.6 is 11.3 Å². The van der Waals surface area contributed by atoms with Gasteiger partial charge in [0.25, 0.3) is 5.91 Å². The monoisotopic (exact) mass is 448 g/mol. The minimum absolute atomic E-state index is 0.00296. The molecular formula is C23H24N6O2S. The van der Waals surface area contributed by atoms with E-state index >= 15 is 0 Å². The number of methoxy groups -OCH3 is 1. The number of anilines is 2. The Morgan fingerprint density at radius 3 is 2.72 bits per heavy atom. The fourth-order valence-electron chi connectivity index (χ4n) is 3.89. The summed E-state index contributed by atoms with van der Waals surface area (Å²) in [7, 11) is 1.63. The molecule has 0 radical (unpaired) electrons. The van der Waals surface area contributed by atoms with Gasteiger partial charge >= 0.3 is 0 Å². The van der Waals surface area contributed by atoms with Gasteiger partial charge in [-0.1, -0.05) is 23.5 Å². The molecule has 3 aromatic rings. The zero-order chi connectivity index (χ0) is 22.7. The molecule has 0 spiro atoms. The van der Waals surface area contributed by atoms with Crippen LogP contribution in [-0.4, -0.2) is 40.9 Å². The normalized spacial score (nSPS) is 13.8. The Hall–Kier alpha value is -3.64. The molecule has 1 aliphatic rings. The molecule has 1 N–H and O–H groups in total. The first-order valence-electron chi connectivity index (χ1n) is 10.4. The molecule has 3 heterocycles. The van der Waals surface area contributed by atoms with Gasteiger partial charge < -0.3 is 14.2 Å². The first-order valence-corrected chi connectivity index (χ1v) is 11.2. The lowest BCUT2D eigenvalue weighted by atomic mass is 10.1. The van der Waals surface area contributed by atoms with Crippen molar-refractivity contribution in [1.82, 2.24) is 14.8 Å². The van der Waals surface area contributed by atoms with E-state index in [1.807, 2.05) is 54.8 Å². The number of rotatable bonds is 6. The van der Waals surface area contributed by atoms with Gasteiger partial charge in [-0.05, 0) is 56.5 Å². The summed E-state index contributed by atoms with van der Waals surface area (Å²) in [5.74, 6) is 0.242.